The van der Waals surface area contributed by atoms with Crippen LogP contribution in [0.5, 0.6) is 0 Å². The zero-order chi connectivity index (χ0) is 24.1. The highest BCUT2D eigenvalue weighted by molar-refractivity contribution is 14.1. The highest BCUT2D eigenvalue weighted by Gasteiger charge is 2.13. The molecule has 34 heavy (non-hydrogen) atoms. The van der Waals surface area contributed by atoms with Crippen LogP contribution in [0.1, 0.15) is 41.6 Å². The summed E-state index contributed by atoms with van der Waals surface area (Å²) in [5.74, 6) is -0.311. The molecule has 4 rings (SSSR count). The highest BCUT2D eigenvalue weighted by Crippen LogP contribution is 2.13. The number of halogens is 1. The summed E-state index contributed by atoms with van der Waals surface area (Å²) >= 11 is 2.21. The molecule has 2 aromatic carbocycles. The number of carbonyl (C=O) groups excluding carboxylic acids is 1. The Kier molecular flexibility index (Phi) is 7.51. The van der Waals surface area contributed by atoms with Crippen molar-refractivity contribution in [3.63, 3.8) is 0 Å². The van der Waals surface area contributed by atoms with Gasteiger partial charge >= 0.3 is 0 Å². The average Bonchev–Trinajstić information content (AvgIpc) is 3.32. The van der Waals surface area contributed by atoms with Gasteiger partial charge in [0.15, 0.2) is 5.43 Å². The van der Waals surface area contributed by atoms with E-state index in [1.54, 1.807) is 0 Å². The fraction of sp³-hybridized carbons (Fsp3) is 0.240. The van der Waals surface area contributed by atoms with E-state index in [9.17, 15) is 9.59 Å². The number of allylic oxidation sites excluding steroid dienone is 2. The maximum absolute atomic E-state index is 12.8. The molecule has 2 heterocycles. The SMILES string of the molecule is C/C(=C\Cc1c(C)[nH]c2ccccc2c1=O)CCCNC(=O)c1nnn(-c2cccc([125I])c2)n1. The molecule has 0 bridgehead atoms. The number of aryl methyl sites for hydroxylation is 1. The van der Waals surface area contributed by atoms with Crippen LogP contribution in [0.4, 0.5) is 0 Å². The molecule has 0 saturated heterocycles. The van der Waals surface area contributed by atoms with Gasteiger partial charge in [-0.1, -0.05) is 29.8 Å². The van der Waals surface area contributed by atoms with E-state index in [4.69, 9.17) is 0 Å². The van der Waals surface area contributed by atoms with Gasteiger partial charge in [0, 0.05) is 32.3 Å². The molecule has 0 unspecified atom stereocenters. The van der Waals surface area contributed by atoms with Gasteiger partial charge < -0.3 is 10.3 Å². The van der Waals surface area contributed by atoms with Gasteiger partial charge in [-0.25, -0.2) is 0 Å². The molecular weight excluding hydrogens is 541 g/mol. The summed E-state index contributed by atoms with van der Waals surface area (Å²) in [5, 5.41) is 15.6. The molecule has 0 spiro atoms. The lowest BCUT2D eigenvalue weighted by Crippen LogP contribution is -2.25. The smallest absolute Gasteiger partial charge is 0.292 e. The minimum absolute atomic E-state index is 0.0390. The third-order valence-electron chi connectivity index (χ3n) is 5.56. The van der Waals surface area contributed by atoms with Crippen molar-refractivity contribution in [1.29, 1.82) is 0 Å². The zero-order valence-electron chi connectivity index (χ0n) is 19.0. The number of benzene rings is 2. The zero-order valence-corrected chi connectivity index (χ0v) is 21.2. The molecule has 2 aromatic heterocycles. The van der Waals surface area contributed by atoms with E-state index in [0.29, 0.717) is 18.4 Å². The van der Waals surface area contributed by atoms with E-state index in [0.717, 1.165) is 38.9 Å². The van der Waals surface area contributed by atoms with Crippen molar-refractivity contribution < 1.29 is 4.79 Å². The Balaban J connectivity index is 1.28. The van der Waals surface area contributed by atoms with Gasteiger partial charge in [0.25, 0.3) is 11.7 Å². The lowest BCUT2D eigenvalue weighted by atomic mass is 10.0. The van der Waals surface area contributed by atoms with E-state index in [1.807, 2.05) is 62.4 Å². The molecule has 0 saturated carbocycles. The number of tetrazole rings is 1. The summed E-state index contributed by atoms with van der Waals surface area (Å²) in [6, 6.07) is 15.2. The van der Waals surface area contributed by atoms with Crippen LogP contribution >= 0.6 is 22.6 Å². The van der Waals surface area contributed by atoms with Crippen molar-refractivity contribution in [1.82, 2.24) is 30.5 Å². The number of pyridine rings is 1. The number of aromatic amines is 1. The van der Waals surface area contributed by atoms with Crippen molar-refractivity contribution in [3.05, 3.63) is 91.1 Å². The Labute approximate surface area is 210 Å². The van der Waals surface area contributed by atoms with E-state index >= 15 is 0 Å². The number of H-pyrrole nitrogens is 1. The molecule has 0 atom stereocenters. The van der Waals surface area contributed by atoms with Crippen LogP contribution in [-0.4, -0.2) is 37.6 Å². The number of nitrogens with zero attached hydrogens (tertiary/aromatic N) is 4. The fourth-order valence-electron chi connectivity index (χ4n) is 3.69. The Morgan fingerprint density at radius 2 is 2.03 bits per heavy atom. The number of nitrogens with one attached hydrogen (secondary N) is 2. The molecule has 0 radical (unpaired) electrons. The first kappa shape index (κ1) is 23.8. The predicted octanol–water partition coefficient (Wildman–Crippen LogP) is 4.12. The van der Waals surface area contributed by atoms with Crippen molar-refractivity contribution in [2.75, 3.05) is 6.54 Å². The van der Waals surface area contributed by atoms with Gasteiger partial charge in [0.05, 0.1) is 5.69 Å². The lowest BCUT2D eigenvalue weighted by Gasteiger charge is -2.07. The fourth-order valence-corrected chi connectivity index (χ4v) is 4.21. The number of aromatic nitrogens is 5. The second-order valence-corrected chi connectivity index (χ2v) is 9.35. The molecule has 0 fully saturated rings. The summed E-state index contributed by atoms with van der Waals surface area (Å²) in [6.45, 7) is 4.48. The van der Waals surface area contributed by atoms with Crippen LogP contribution in [-0.2, 0) is 6.42 Å². The van der Waals surface area contributed by atoms with Crippen LogP contribution in [0.15, 0.2) is 65.0 Å². The van der Waals surface area contributed by atoms with Crippen molar-refractivity contribution in [2.24, 2.45) is 0 Å². The molecule has 9 heteroatoms. The third-order valence-corrected chi connectivity index (χ3v) is 6.24. The van der Waals surface area contributed by atoms with Crippen LogP contribution in [0.3, 0.4) is 0 Å². The van der Waals surface area contributed by atoms with Crippen LogP contribution in [0.2, 0.25) is 0 Å². The molecule has 0 aliphatic carbocycles. The second kappa shape index (κ2) is 10.7. The first-order valence-electron chi connectivity index (χ1n) is 11.0. The molecule has 174 valence electrons. The maximum Gasteiger partial charge on any atom is 0.292 e. The summed E-state index contributed by atoms with van der Waals surface area (Å²) in [5.41, 5.74) is 4.54. The lowest BCUT2D eigenvalue weighted by molar-refractivity contribution is 0.0942. The largest absolute Gasteiger partial charge is 0.358 e. The second-order valence-electron chi connectivity index (χ2n) is 8.10. The number of hydrogen-bond donors (Lipinski definition) is 2. The summed E-state index contributed by atoms with van der Waals surface area (Å²) < 4.78 is 1.04. The standard InChI is InChI=1S/C25H25IN6O2/c1-16(12-13-20-17(2)28-22-11-4-3-10-21(22)23(20)33)7-6-14-27-25(34)24-29-31-32(30-24)19-9-5-8-18(26)15-19/h3-5,8-12,15H,6-7,13-14H2,1-2H3,(H,27,34)(H,28,33)/b16-12+/i26-2. The maximum atomic E-state index is 12.8. The minimum Gasteiger partial charge on any atom is -0.358 e. The molecule has 0 aliphatic heterocycles. The van der Waals surface area contributed by atoms with Crippen LogP contribution in [0.25, 0.3) is 16.6 Å². The molecule has 8 nitrogen and oxygen atoms in total. The van der Waals surface area contributed by atoms with E-state index in [-0.39, 0.29) is 17.2 Å². The normalized spacial score (nSPS) is 11.7. The van der Waals surface area contributed by atoms with Gasteiger partial charge in [-0.3, -0.25) is 9.59 Å². The van der Waals surface area contributed by atoms with E-state index < -0.39 is 0 Å². The number of rotatable bonds is 8. The van der Waals surface area contributed by atoms with Gasteiger partial charge in [-0.2, -0.15) is 0 Å². The number of fused-ring (bicyclic) bond motifs is 1. The van der Waals surface area contributed by atoms with Crippen LogP contribution in [0, 0.1) is 10.5 Å². The highest BCUT2D eigenvalue weighted by atomic mass is 125. The molecular formula is C25H25IN6O2. The summed E-state index contributed by atoms with van der Waals surface area (Å²) in [4.78, 5) is 29.8. The monoisotopic (exact) mass is 566 g/mol. The number of amides is 1. The molecule has 0 aliphatic rings. The van der Waals surface area contributed by atoms with Gasteiger partial charge in [0.2, 0.25) is 0 Å². The van der Waals surface area contributed by atoms with Crippen molar-refractivity contribution >= 4 is 39.4 Å². The third kappa shape index (κ3) is 5.58. The Morgan fingerprint density at radius 1 is 1.21 bits per heavy atom. The topological polar surface area (TPSA) is 106 Å². The van der Waals surface area contributed by atoms with Gasteiger partial charge in [-0.05, 0) is 91.2 Å². The van der Waals surface area contributed by atoms with Gasteiger partial charge in [-0.15, -0.1) is 15.0 Å². The van der Waals surface area contributed by atoms with Gasteiger partial charge in [0.1, 0.15) is 0 Å². The predicted molar refractivity (Wildman–Crippen MR) is 140 cm³/mol. The minimum atomic E-state index is -0.350. The summed E-state index contributed by atoms with van der Waals surface area (Å²) in [7, 11) is 0. The summed E-state index contributed by atoms with van der Waals surface area (Å²) in [6.07, 6.45) is 4.25. The Morgan fingerprint density at radius 3 is 2.85 bits per heavy atom. The van der Waals surface area contributed by atoms with E-state index in [2.05, 4.69) is 54.4 Å². The van der Waals surface area contributed by atoms with Crippen molar-refractivity contribution in [2.45, 2.75) is 33.1 Å². The number of carbonyl (C=O) groups is 1. The first-order chi connectivity index (χ1) is 16.4. The van der Waals surface area contributed by atoms with Crippen LogP contribution < -0.4 is 10.7 Å². The Bertz CT molecular complexity index is 1420. The van der Waals surface area contributed by atoms with Crippen molar-refractivity contribution in [3.8, 4) is 5.69 Å². The average molecular weight is 566 g/mol. The molecule has 1 amide bonds. The van der Waals surface area contributed by atoms with E-state index in [1.165, 1.54) is 10.4 Å². The molecule has 4 aromatic rings. The first-order valence-corrected chi connectivity index (χ1v) is 12.1. The Hall–Kier alpha value is -3.34. The number of para-hydroxylation sites is 1. The quantitative estimate of drug-likeness (QED) is 0.190. The molecule has 2 N–H and O–H groups in total. The number of hydrogen-bond acceptors (Lipinski definition) is 5.